The van der Waals surface area contributed by atoms with Crippen molar-refractivity contribution in [2.45, 2.75) is 13.0 Å². The van der Waals surface area contributed by atoms with Crippen LogP contribution in [0.5, 0.6) is 0 Å². The highest BCUT2D eigenvalue weighted by molar-refractivity contribution is 5.42. The summed E-state index contributed by atoms with van der Waals surface area (Å²) in [5, 5.41) is 14.8. The summed E-state index contributed by atoms with van der Waals surface area (Å²) in [6.45, 7) is 1.48. The Kier molecular flexibility index (Phi) is 3.05. The van der Waals surface area contributed by atoms with E-state index in [1.807, 2.05) is 6.20 Å². The van der Waals surface area contributed by atoms with Gasteiger partial charge in [-0.15, -0.1) is 10.2 Å². The largest absolute Gasteiger partial charge is 0.353 e. The van der Waals surface area contributed by atoms with Crippen LogP contribution in [0.15, 0.2) is 30.7 Å². The number of rotatable bonds is 5. The lowest BCUT2D eigenvalue weighted by Gasteiger charge is -2.01. The lowest BCUT2D eigenvalue weighted by molar-refractivity contribution is 0.569. The third kappa shape index (κ3) is 2.67. The molecular formula is C11H12FN7. The molecule has 0 aliphatic heterocycles. The first-order valence-electron chi connectivity index (χ1n) is 5.91. The van der Waals surface area contributed by atoms with E-state index < -0.39 is 0 Å². The molecule has 3 aromatic heterocycles. The fourth-order valence-electron chi connectivity index (χ4n) is 1.73. The monoisotopic (exact) mass is 261 g/mol. The van der Waals surface area contributed by atoms with Gasteiger partial charge in [-0.05, 0) is 18.6 Å². The Hall–Kier alpha value is -2.51. The van der Waals surface area contributed by atoms with E-state index in [4.69, 9.17) is 0 Å². The van der Waals surface area contributed by atoms with Crippen molar-refractivity contribution in [3.05, 3.63) is 36.5 Å². The Morgan fingerprint density at radius 1 is 1.32 bits per heavy atom. The molecule has 0 aliphatic rings. The van der Waals surface area contributed by atoms with Gasteiger partial charge >= 0.3 is 0 Å². The van der Waals surface area contributed by atoms with Crippen LogP contribution in [0.3, 0.4) is 0 Å². The standard InChI is InChI=1S/C11H12FN7/c12-9-2-3-10-15-11(16-19(10)8-9)13-4-1-6-18-7-5-14-17-18/h2-3,5,7-8H,1,4,6H2,(H,13,16). The van der Waals surface area contributed by atoms with Crippen molar-refractivity contribution in [2.75, 3.05) is 11.9 Å². The Labute approximate surface area is 108 Å². The first-order chi connectivity index (χ1) is 9.31. The average molecular weight is 261 g/mol. The maximum atomic E-state index is 13.0. The van der Waals surface area contributed by atoms with E-state index in [-0.39, 0.29) is 5.82 Å². The molecule has 1 N–H and O–H groups in total. The molecule has 3 aromatic rings. The van der Waals surface area contributed by atoms with Gasteiger partial charge in [0.2, 0.25) is 5.95 Å². The van der Waals surface area contributed by atoms with Crippen molar-refractivity contribution >= 4 is 11.6 Å². The smallest absolute Gasteiger partial charge is 0.243 e. The molecule has 7 nitrogen and oxygen atoms in total. The zero-order chi connectivity index (χ0) is 13.1. The van der Waals surface area contributed by atoms with Gasteiger partial charge in [0.15, 0.2) is 5.65 Å². The zero-order valence-electron chi connectivity index (χ0n) is 10.1. The van der Waals surface area contributed by atoms with Crippen LogP contribution in [0.4, 0.5) is 10.3 Å². The predicted octanol–water partition coefficient (Wildman–Crippen LogP) is 0.962. The zero-order valence-corrected chi connectivity index (χ0v) is 10.1. The Morgan fingerprint density at radius 3 is 3.11 bits per heavy atom. The van der Waals surface area contributed by atoms with Crippen molar-refractivity contribution in [3.8, 4) is 0 Å². The summed E-state index contributed by atoms with van der Waals surface area (Å²) >= 11 is 0. The number of pyridine rings is 1. The summed E-state index contributed by atoms with van der Waals surface area (Å²) < 4.78 is 16.2. The van der Waals surface area contributed by atoms with Crippen LogP contribution >= 0.6 is 0 Å². The molecule has 0 saturated carbocycles. The molecule has 98 valence electrons. The Balaban J connectivity index is 1.56. The third-order valence-electron chi connectivity index (χ3n) is 2.61. The van der Waals surface area contributed by atoms with Crippen molar-refractivity contribution in [3.63, 3.8) is 0 Å². The molecule has 0 radical (unpaired) electrons. The lowest BCUT2D eigenvalue weighted by Crippen LogP contribution is -2.08. The van der Waals surface area contributed by atoms with Gasteiger partial charge in [-0.25, -0.2) is 8.91 Å². The molecule has 3 heterocycles. The Bertz CT molecular complexity index is 661. The van der Waals surface area contributed by atoms with Crippen LogP contribution in [0, 0.1) is 5.82 Å². The topological polar surface area (TPSA) is 72.9 Å². The van der Waals surface area contributed by atoms with E-state index in [9.17, 15) is 4.39 Å². The number of nitrogens with one attached hydrogen (secondary N) is 1. The number of hydrogen-bond acceptors (Lipinski definition) is 5. The minimum Gasteiger partial charge on any atom is -0.353 e. The number of halogens is 1. The summed E-state index contributed by atoms with van der Waals surface area (Å²) in [5.74, 6) is 0.152. The Morgan fingerprint density at radius 2 is 2.26 bits per heavy atom. The summed E-state index contributed by atoms with van der Waals surface area (Å²) in [4.78, 5) is 4.23. The molecule has 0 atom stereocenters. The number of fused-ring (bicyclic) bond motifs is 1. The van der Waals surface area contributed by atoms with Gasteiger partial charge in [0.1, 0.15) is 5.82 Å². The van der Waals surface area contributed by atoms with Crippen LogP contribution < -0.4 is 5.32 Å². The first-order valence-corrected chi connectivity index (χ1v) is 5.91. The SMILES string of the molecule is Fc1ccc2nc(NCCCn3ccnn3)nn2c1. The number of anilines is 1. The molecule has 8 heteroatoms. The summed E-state index contributed by atoms with van der Waals surface area (Å²) in [6, 6.07) is 2.95. The summed E-state index contributed by atoms with van der Waals surface area (Å²) in [7, 11) is 0. The van der Waals surface area contributed by atoms with Gasteiger partial charge in [-0.3, -0.25) is 4.68 Å². The van der Waals surface area contributed by atoms with Crippen molar-refractivity contribution in [2.24, 2.45) is 0 Å². The van der Waals surface area contributed by atoms with E-state index in [1.54, 1.807) is 16.9 Å². The summed E-state index contributed by atoms with van der Waals surface area (Å²) in [5.41, 5.74) is 0.611. The highest BCUT2D eigenvalue weighted by Gasteiger charge is 2.03. The number of nitrogens with zero attached hydrogens (tertiary/aromatic N) is 6. The van der Waals surface area contributed by atoms with E-state index in [2.05, 4.69) is 25.7 Å². The van der Waals surface area contributed by atoms with E-state index in [0.717, 1.165) is 13.0 Å². The number of hydrogen-bond donors (Lipinski definition) is 1. The second-order valence-corrected chi connectivity index (χ2v) is 4.03. The second-order valence-electron chi connectivity index (χ2n) is 4.03. The van der Waals surface area contributed by atoms with Gasteiger partial charge < -0.3 is 5.32 Å². The van der Waals surface area contributed by atoms with Gasteiger partial charge in [0.25, 0.3) is 0 Å². The fraction of sp³-hybridized carbons (Fsp3) is 0.273. The molecule has 0 saturated heterocycles. The molecule has 0 amide bonds. The number of aromatic nitrogens is 6. The van der Waals surface area contributed by atoms with Gasteiger partial charge in [-0.1, -0.05) is 5.21 Å². The van der Waals surface area contributed by atoms with Crippen molar-refractivity contribution in [1.29, 1.82) is 0 Å². The molecule has 0 bridgehead atoms. The first kappa shape index (κ1) is 11.6. The second kappa shape index (κ2) is 5.01. The van der Waals surface area contributed by atoms with Crippen molar-refractivity contribution in [1.82, 2.24) is 29.6 Å². The van der Waals surface area contributed by atoms with Gasteiger partial charge in [0.05, 0.1) is 12.4 Å². The van der Waals surface area contributed by atoms with Crippen LogP contribution in [-0.4, -0.2) is 36.1 Å². The minimum absolute atomic E-state index is 0.338. The van der Waals surface area contributed by atoms with Crippen LogP contribution in [0.1, 0.15) is 6.42 Å². The maximum absolute atomic E-state index is 13.0. The minimum atomic E-state index is -0.338. The molecule has 0 fully saturated rings. The highest BCUT2D eigenvalue weighted by Crippen LogP contribution is 2.06. The molecule has 0 aromatic carbocycles. The third-order valence-corrected chi connectivity index (χ3v) is 2.61. The van der Waals surface area contributed by atoms with Gasteiger partial charge in [0, 0.05) is 19.3 Å². The van der Waals surface area contributed by atoms with Crippen molar-refractivity contribution < 1.29 is 4.39 Å². The molecule has 19 heavy (non-hydrogen) atoms. The lowest BCUT2D eigenvalue weighted by atomic mass is 10.4. The van der Waals surface area contributed by atoms with Crippen LogP contribution in [0.25, 0.3) is 5.65 Å². The highest BCUT2D eigenvalue weighted by atomic mass is 19.1. The fourth-order valence-corrected chi connectivity index (χ4v) is 1.73. The predicted molar refractivity (Wildman–Crippen MR) is 66.1 cm³/mol. The molecular weight excluding hydrogens is 249 g/mol. The van der Waals surface area contributed by atoms with Crippen LogP contribution in [-0.2, 0) is 6.54 Å². The van der Waals surface area contributed by atoms with Gasteiger partial charge in [-0.2, -0.15) is 4.98 Å². The number of aryl methyl sites for hydroxylation is 1. The van der Waals surface area contributed by atoms with Crippen LogP contribution in [0.2, 0.25) is 0 Å². The molecule has 0 spiro atoms. The molecule has 0 aliphatic carbocycles. The quantitative estimate of drug-likeness (QED) is 0.693. The van der Waals surface area contributed by atoms with E-state index in [0.29, 0.717) is 18.1 Å². The summed E-state index contributed by atoms with van der Waals surface area (Å²) in [6.07, 6.45) is 5.62. The average Bonchev–Trinajstić information content (AvgIpc) is 3.02. The molecule has 0 unspecified atom stereocenters. The normalized spacial score (nSPS) is 11.0. The maximum Gasteiger partial charge on any atom is 0.243 e. The van der Waals surface area contributed by atoms with E-state index in [1.165, 1.54) is 16.8 Å². The van der Waals surface area contributed by atoms with E-state index >= 15 is 0 Å². The molecule has 3 rings (SSSR count).